The molecule has 3 heterocycles. The number of amides is 1. The van der Waals surface area contributed by atoms with Gasteiger partial charge in [0.15, 0.2) is 22.4 Å². The zero-order chi connectivity index (χ0) is 22.2. The number of hydrogen-bond donors (Lipinski definition) is 1. The van der Waals surface area contributed by atoms with Gasteiger partial charge in [-0.15, -0.1) is 0 Å². The summed E-state index contributed by atoms with van der Waals surface area (Å²) in [5.74, 6) is -1.89. The maximum absolute atomic E-state index is 13.5. The molecule has 1 aliphatic rings. The van der Waals surface area contributed by atoms with Gasteiger partial charge in [0.05, 0.1) is 5.39 Å². The molecule has 1 aliphatic heterocycles. The Bertz CT molecular complexity index is 1430. The summed E-state index contributed by atoms with van der Waals surface area (Å²) in [6.45, 7) is 2.19. The monoisotopic (exact) mass is 438 g/mol. The van der Waals surface area contributed by atoms with Crippen molar-refractivity contribution in [1.82, 2.24) is 10.2 Å². The molecule has 164 valence electrons. The smallest absolute Gasteiger partial charge is 0.451 e. The molecule has 0 spiro atoms. The van der Waals surface area contributed by atoms with Gasteiger partial charge in [-0.3, -0.25) is 14.5 Å². The van der Waals surface area contributed by atoms with Gasteiger partial charge in [-0.25, -0.2) is 9.18 Å². The van der Waals surface area contributed by atoms with E-state index >= 15 is 0 Å². The summed E-state index contributed by atoms with van der Waals surface area (Å²) >= 11 is 0. The summed E-state index contributed by atoms with van der Waals surface area (Å²) in [6, 6.07) is 10.1. The number of halogens is 1. The lowest BCUT2D eigenvalue weighted by Gasteiger charge is -2.32. The van der Waals surface area contributed by atoms with E-state index in [0.29, 0.717) is 17.7 Å². The average Bonchev–Trinajstić information content (AvgIpc) is 3.14. The van der Waals surface area contributed by atoms with E-state index in [-0.39, 0.29) is 22.8 Å². The molecule has 5 rings (SSSR count). The Morgan fingerprint density at radius 1 is 0.969 bits per heavy atom. The average molecular weight is 438 g/mol. The topological polar surface area (TPSA) is 106 Å². The standard InChI is InChI=1S/C23H19FN2O6/c24-14-2-3-16-17(27)11-21(30-19(16)10-14)22(28)25-15-5-7-26(8-6-15)12-13-1-4-18-20(9-13)32-23(29)31-18/h1-4,9-11,15H,5-8,12H2,(H,25,28). The largest absolute Gasteiger partial charge is 0.519 e. The molecule has 0 unspecified atom stereocenters. The van der Waals surface area contributed by atoms with Crippen molar-refractivity contribution in [2.45, 2.75) is 25.4 Å². The molecule has 0 saturated carbocycles. The van der Waals surface area contributed by atoms with Gasteiger partial charge in [0.25, 0.3) is 5.91 Å². The highest BCUT2D eigenvalue weighted by Gasteiger charge is 2.23. The number of benzene rings is 2. The molecule has 1 fully saturated rings. The first-order chi connectivity index (χ1) is 15.4. The minimum atomic E-state index is -0.721. The van der Waals surface area contributed by atoms with Gasteiger partial charge in [0.1, 0.15) is 11.4 Å². The van der Waals surface area contributed by atoms with Crippen LogP contribution >= 0.6 is 0 Å². The van der Waals surface area contributed by atoms with Gasteiger partial charge in [0.2, 0.25) is 0 Å². The van der Waals surface area contributed by atoms with Gasteiger partial charge in [0, 0.05) is 37.8 Å². The number of rotatable bonds is 4. The van der Waals surface area contributed by atoms with Crippen LogP contribution in [0.2, 0.25) is 0 Å². The van der Waals surface area contributed by atoms with Crippen LogP contribution in [0, 0.1) is 5.82 Å². The van der Waals surface area contributed by atoms with Crippen LogP contribution in [0.5, 0.6) is 0 Å². The number of likely N-dealkylation sites (tertiary alicyclic amines) is 1. The second-order valence-electron chi connectivity index (χ2n) is 7.87. The van der Waals surface area contributed by atoms with Crippen molar-refractivity contribution < 1.29 is 22.4 Å². The molecule has 0 bridgehead atoms. The minimum Gasteiger partial charge on any atom is -0.451 e. The van der Waals surface area contributed by atoms with Crippen molar-refractivity contribution in [2.75, 3.05) is 13.1 Å². The fourth-order valence-electron chi connectivity index (χ4n) is 4.01. The van der Waals surface area contributed by atoms with Crippen molar-refractivity contribution in [3.63, 3.8) is 0 Å². The third-order valence-electron chi connectivity index (χ3n) is 5.64. The lowest BCUT2D eigenvalue weighted by molar-refractivity contribution is 0.0881. The van der Waals surface area contributed by atoms with E-state index in [2.05, 4.69) is 10.2 Å². The van der Waals surface area contributed by atoms with E-state index in [1.165, 1.54) is 12.1 Å². The summed E-state index contributed by atoms with van der Waals surface area (Å²) in [7, 11) is 0. The highest BCUT2D eigenvalue weighted by Crippen LogP contribution is 2.19. The number of nitrogens with one attached hydrogen (secondary N) is 1. The van der Waals surface area contributed by atoms with Crippen LogP contribution in [0.25, 0.3) is 22.1 Å². The Labute approximate surface area is 180 Å². The number of carbonyl (C=O) groups excluding carboxylic acids is 1. The van der Waals surface area contributed by atoms with Gasteiger partial charge in [-0.2, -0.15) is 0 Å². The van der Waals surface area contributed by atoms with E-state index in [9.17, 15) is 18.8 Å². The molecule has 2 aromatic carbocycles. The molecule has 0 aliphatic carbocycles. The molecule has 1 N–H and O–H groups in total. The number of carbonyl (C=O) groups is 1. The fraction of sp³-hybridized carbons (Fsp3) is 0.261. The highest BCUT2D eigenvalue weighted by atomic mass is 19.1. The second kappa shape index (κ2) is 8.08. The van der Waals surface area contributed by atoms with Crippen LogP contribution in [-0.4, -0.2) is 29.9 Å². The number of nitrogens with zero attached hydrogens (tertiary/aromatic N) is 1. The van der Waals surface area contributed by atoms with E-state index < -0.39 is 23.0 Å². The third-order valence-corrected chi connectivity index (χ3v) is 5.64. The first-order valence-electron chi connectivity index (χ1n) is 10.2. The molecule has 9 heteroatoms. The van der Waals surface area contributed by atoms with Crippen molar-refractivity contribution >= 4 is 28.0 Å². The number of hydrogen-bond acceptors (Lipinski definition) is 7. The molecular formula is C23H19FN2O6. The molecular weight excluding hydrogens is 419 g/mol. The van der Waals surface area contributed by atoms with Gasteiger partial charge < -0.3 is 18.6 Å². The Kier molecular flexibility index (Phi) is 5.10. The SMILES string of the molecule is O=C(NC1CCN(Cc2ccc3oc(=O)oc3c2)CC1)c1cc(=O)c2ccc(F)cc2o1. The number of piperidine rings is 1. The van der Waals surface area contributed by atoms with Crippen LogP contribution in [-0.2, 0) is 6.54 Å². The maximum Gasteiger partial charge on any atom is 0.519 e. The molecule has 0 atom stereocenters. The van der Waals surface area contributed by atoms with E-state index in [4.69, 9.17) is 13.3 Å². The highest BCUT2D eigenvalue weighted by molar-refractivity contribution is 5.93. The molecule has 2 aromatic heterocycles. The van der Waals surface area contributed by atoms with E-state index in [1.54, 1.807) is 12.1 Å². The predicted octanol–water partition coefficient (Wildman–Crippen LogP) is 3.03. The predicted molar refractivity (Wildman–Crippen MR) is 113 cm³/mol. The van der Waals surface area contributed by atoms with Crippen molar-refractivity contribution in [2.24, 2.45) is 0 Å². The first-order valence-corrected chi connectivity index (χ1v) is 10.2. The lowest BCUT2D eigenvalue weighted by atomic mass is 10.0. The Morgan fingerprint density at radius 2 is 1.75 bits per heavy atom. The van der Waals surface area contributed by atoms with Crippen molar-refractivity contribution in [3.8, 4) is 0 Å². The van der Waals surface area contributed by atoms with Crippen molar-refractivity contribution in [1.29, 1.82) is 0 Å². The van der Waals surface area contributed by atoms with Crippen LogP contribution in [0.4, 0.5) is 4.39 Å². The Hall–Kier alpha value is -3.72. The molecule has 32 heavy (non-hydrogen) atoms. The Morgan fingerprint density at radius 3 is 2.56 bits per heavy atom. The van der Waals surface area contributed by atoms with Gasteiger partial charge >= 0.3 is 5.82 Å². The molecule has 8 nitrogen and oxygen atoms in total. The maximum atomic E-state index is 13.5. The van der Waals surface area contributed by atoms with Crippen molar-refractivity contribution in [3.05, 3.63) is 80.4 Å². The summed E-state index contributed by atoms with van der Waals surface area (Å²) in [5.41, 5.74) is 1.49. The summed E-state index contributed by atoms with van der Waals surface area (Å²) in [4.78, 5) is 38.2. The summed E-state index contributed by atoms with van der Waals surface area (Å²) < 4.78 is 28.8. The normalized spacial score (nSPS) is 15.4. The van der Waals surface area contributed by atoms with Gasteiger partial charge in [-0.1, -0.05) is 6.07 Å². The van der Waals surface area contributed by atoms with Gasteiger partial charge in [-0.05, 0) is 42.7 Å². The van der Waals surface area contributed by atoms with Crippen LogP contribution in [0.3, 0.4) is 0 Å². The van der Waals surface area contributed by atoms with Crippen LogP contribution in [0.1, 0.15) is 29.0 Å². The van der Waals surface area contributed by atoms with E-state index in [1.807, 2.05) is 6.07 Å². The molecule has 1 saturated heterocycles. The first kappa shape index (κ1) is 20.2. The second-order valence-corrected chi connectivity index (χ2v) is 7.87. The minimum absolute atomic E-state index is 0.0443. The molecule has 0 radical (unpaired) electrons. The quantitative estimate of drug-likeness (QED) is 0.522. The van der Waals surface area contributed by atoms with E-state index in [0.717, 1.165) is 43.6 Å². The Balaban J connectivity index is 1.21. The zero-order valence-corrected chi connectivity index (χ0v) is 16.9. The number of fused-ring (bicyclic) bond motifs is 2. The van der Waals surface area contributed by atoms with Crippen LogP contribution in [0.15, 0.2) is 65.3 Å². The third kappa shape index (κ3) is 4.06. The molecule has 1 amide bonds. The summed E-state index contributed by atoms with van der Waals surface area (Å²) in [6.07, 6.45) is 1.45. The fourth-order valence-corrected chi connectivity index (χ4v) is 4.01. The zero-order valence-electron chi connectivity index (χ0n) is 16.9. The lowest BCUT2D eigenvalue weighted by Crippen LogP contribution is -2.44. The summed E-state index contributed by atoms with van der Waals surface area (Å²) in [5, 5.41) is 3.12. The van der Waals surface area contributed by atoms with Crippen LogP contribution < -0.4 is 16.6 Å². The molecule has 4 aromatic rings.